The Morgan fingerprint density at radius 2 is 1.88 bits per heavy atom. The van der Waals surface area contributed by atoms with Crippen molar-refractivity contribution < 1.29 is 14.3 Å². The van der Waals surface area contributed by atoms with Crippen LogP contribution in [0.1, 0.15) is 12.5 Å². The van der Waals surface area contributed by atoms with Gasteiger partial charge < -0.3 is 10.1 Å². The van der Waals surface area contributed by atoms with E-state index in [0.29, 0.717) is 21.5 Å². The predicted molar refractivity (Wildman–Crippen MR) is 98.4 cm³/mol. The van der Waals surface area contributed by atoms with Crippen molar-refractivity contribution in [2.24, 2.45) is 5.10 Å². The summed E-state index contributed by atoms with van der Waals surface area (Å²) in [6.45, 7) is 1.20. The fourth-order valence-electron chi connectivity index (χ4n) is 1.80. The molecule has 0 aliphatic heterocycles. The first-order valence-corrected chi connectivity index (χ1v) is 7.97. The lowest BCUT2D eigenvalue weighted by Crippen LogP contribution is -2.24. The van der Waals surface area contributed by atoms with Crippen LogP contribution in [0.4, 0.5) is 5.69 Å². The van der Waals surface area contributed by atoms with E-state index in [2.05, 4.69) is 15.8 Å². The molecule has 0 bridgehead atoms. The van der Waals surface area contributed by atoms with Gasteiger partial charge in [0.15, 0.2) is 6.61 Å². The molecule has 0 aliphatic carbocycles. The van der Waals surface area contributed by atoms with Crippen LogP contribution in [0.2, 0.25) is 10.0 Å². The second-order valence-electron chi connectivity index (χ2n) is 4.96. The molecule has 0 aromatic heterocycles. The van der Waals surface area contributed by atoms with Gasteiger partial charge >= 0.3 is 0 Å². The Kier molecular flexibility index (Phi) is 6.80. The molecule has 2 aromatic carbocycles. The van der Waals surface area contributed by atoms with Crippen molar-refractivity contribution in [3.05, 3.63) is 58.1 Å². The highest BCUT2D eigenvalue weighted by molar-refractivity contribution is 6.35. The number of halogens is 2. The topological polar surface area (TPSA) is 79.8 Å². The first kappa shape index (κ1) is 18.8. The van der Waals surface area contributed by atoms with Crippen molar-refractivity contribution >= 4 is 46.9 Å². The molecule has 0 radical (unpaired) electrons. The average Bonchev–Trinajstić information content (AvgIpc) is 2.55. The van der Waals surface area contributed by atoms with Crippen molar-refractivity contribution in [1.82, 2.24) is 5.43 Å². The number of hydrazone groups is 1. The second-order valence-corrected chi connectivity index (χ2v) is 5.80. The molecule has 8 heteroatoms. The average molecular weight is 380 g/mol. The van der Waals surface area contributed by atoms with Gasteiger partial charge in [0.05, 0.1) is 11.2 Å². The van der Waals surface area contributed by atoms with E-state index in [1.54, 1.807) is 36.4 Å². The lowest BCUT2D eigenvalue weighted by atomic mass is 10.2. The first-order valence-electron chi connectivity index (χ1n) is 7.21. The number of carbonyl (C=O) groups is 2. The maximum atomic E-state index is 11.7. The number of nitrogens with zero attached hydrogens (tertiary/aromatic N) is 1. The number of amides is 2. The number of carbonyl (C=O) groups excluding carboxylic acids is 2. The van der Waals surface area contributed by atoms with Crippen LogP contribution in [0.5, 0.6) is 5.75 Å². The van der Waals surface area contributed by atoms with Gasteiger partial charge in [-0.15, -0.1) is 0 Å². The van der Waals surface area contributed by atoms with E-state index in [9.17, 15) is 9.59 Å². The molecule has 2 rings (SSSR count). The van der Waals surface area contributed by atoms with Crippen molar-refractivity contribution in [1.29, 1.82) is 0 Å². The van der Waals surface area contributed by atoms with Gasteiger partial charge in [0.25, 0.3) is 5.91 Å². The normalized spacial score (nSPS) is 10.5. The first-order chi connectivity index (χ1) is 11.9. The largest absolute Gasteiger partial charge is 0.482 e. The minimum absolute atomic E-state index is 0.144. The van der Waals surface area contributed by atoms with Crippen molar-refractivity contribution in [3.63, 3.8) is 0 Å². The summed E-state index contributed by atoms with van der Waals surface area (Å²) in [5.74, 6) is -0.217. The Bertz CT molecular complexity index is 792. The van der Waals surface area contributed by atoms with Crippen LogP contribution in [-0.2, 0) is 9.59 Å². The standard InChI is InChI=1S/C17H15Cl2N3O3/c1-11(23)21-14-5-2-12(3-6-14)9-20-22-17(24)10-25-16-7-4-13(18)8-15(16)19/h2-9H,10H2,1H3,(H,21,23)(H,22,24)/b20-9+. The monoisotopic (exact) mass is 379 g/mol. The number of hydrogen-bond acceptors (Lipinski definition) is 4. The second kappa shape index (κ2) is 9.05. The van der Waals surface area contributed by atoms with E-state index < -0.39 is 5.91 Å². The van der Waals surface area contributed by atoms with Gasteiger partial charge in [0.1, 0.15) is 5.75 Å². The van der Waals surface area contributed by atoms with E-state index in [1.165, 1.54) is 19.2 Å². The van der Waals surface area contributed by atoms with E-state index in [0.717, 1.165) is 5.56 Å². The summed E-state index contributed by atoms with van der Waals surface area (Å²) in [6, 6.07) is 11.7. The number of anilines is 1. The summed E-state index contributed by atoms with van der Waals surface area (Å²) < 4.78 is 5.29. The minimum Gasteiger partial charge on any atom is -0.482 e. The lowest BCUT2D eigenvalue weighted by molar-refractivity contribution is -0.123. The summed E-state index contributed by atoms with van der Waals surface area (Å²) in [5.41, 5.74) is 3.79. The zero-order valence-corrected chi connectivity index (χ0v) is 14.8. The van der Waals surface area contributed by atoms with Crippen LogP contribution in [0.15, 0.2) is 47.6 Å². The third-order valence-corrected chi connectivity index (χ3v) is 3.42. The van der Waals surface area contributed by atoms with Crippen LogP contribution in [0.3, 0.4) is 0 Å². The number of ether oxygens (including phenoxy) is 1. The number of hydrogen-bond donors (Lipinski definition) is 2. The molecule has 0 spiro atoms. The van der Waals surface area contributed by atoms with Gasteiger partial charge in [-0.1, -0.05) is 35.3 Å². The molecule has 6 nitrogen and oxygen atoms in total. The highest BCUT2D eigenvalue weighted by Crippen LogP contribution is 2.27. The van der Waals surface area contributed by atoms with Gasteiger partial charge in [-0.05, 0) is 35.9 Å². The summed E-state index contributed by atoms with van der Waals surface area (Å²) in [4.78, 5) is 22.6. The van der Waals surface area contributed by atoms with E-state index in [-0.39, 0.29) is 12.5 Å². The van der Waals surface area contributed by atoms with Gasteiger partial charge in [-0.2, -0.15) is 5.10 Å². The lowest BCUT2D eigenvalue weighted by Gasteiger charge is -2.07. The van der Waals surface area contributed by atoms with Crippen LogP contribution in [-0.4, -0.2) is 24.6 Å². The molecule has 2 amide bonds. The van der Waals surface area contributed by atoms with Crippen LogP contribution in [0, 0.1) is 0 Å². The third kappa shape index (κ3) is 6.45. The van der Waals surface area contributed by atoms with Crippen molar-refractivity contribution in [3.8, 4) is 5.75 Å². The van der Waals surface area contributed by atoms with E-state index >= 15 is 0 Å². The van der Waals surface area contributed by atoms with E-state index in [1.807, 2.05) is 0 Å². The summed E-state index contributed by atoms with van der Waals surface area (Å²) in [6.07, 6.45) is 1.48. The molecule has 0 saturated carbocycles. The van der Waals surface area contributed by atoms with Crippen molar-refractivity contribution in [2.45, 2.75) is 6.92 Å². The van der Waals surface area contributed by atoms with Crippen LogP contribution in [0.25, 0.3) is 0 Å². The molecule has 0 saturated heterocycles. The van der Waals surface area contributed by atoms with Gasteiger partial charge in [0, 0.05) is 17.6 Å². The molecule has 0 aliphatic rings. The smallest absolute Gasteiger partial charge is 0.277 e. The highest BCUT2D eigenvalue weighted by atomic mass is 35.5. The van der Waals surface area contributed by atoms with Crippen molar-refractivity contribution in [2.75, 3.05) is 11.9 Å². The highest BCUT2D eigenvalue weighted by Gasteiger charge is 2.05. The summed E-state index contributed by atoms with van der Waals surface area (Å²) in [5, 5.41) is 7.30. The maximum absolute atomic E-state index is 11.7. The number of nitrogens with one attached hydrogen (secondary N) is 2. The summed E-state index contributed by atoms with van der Waals surface area (Å²) in [7, 11) is 0. The predicted octanol–water partition coefficient (Wildman–Crippen LogP) is 3.48. The van der Waals surface area contributed by atoms with Gasteiger partial charge in [0.2, 0.25) is 5.91 Å². The Morgan fingerprint density at radius 1 is 1.16 bits per heavy atom. The zero-order valence-electron chi connectivity index (χ0n) is 13.3. The quantitative estimate of drug-likeness (QED) is 0.595. The Morgan fingerprint density at radius 3 is 2.52 bits per heavy atom. The molecule has 0 heterocycles. The SMILES string of the molecule is CC(=O)Nc1ccc(/C=N/NC(=O)COc2ccc(Cl)cc2Cl)cc1. The number of benzene rings is 2. The molecule has 0 fully saturated rings. The summed E-state index contributed by atoms with van der Waals surface area (Å²) >= 11 is 11.7. The van der Waals surface area contributed by atoms with Crippen LogP contribution < -0.4 is 15.5 Å². The fourth-order valence-corrected chi connectivity index (χ4v) is 2.27. The molecule has 0 unspecified atom stereocenters. The third-order valence-electron chi connectivity index (χ3n) is 2.89. The maximum Gasteiger partial charge on any atom is 0.277 e. The molecular formula is C17H15Cl2N3O3. The van der Waals surface area contributed by atoms with E-state index in [4.69, 9.17) is 27.9 Å². The number of rotatable bonds is 6. The molecular weight excluding hydrogens is 365 g/mol. The molecule has 0 atom stereocenters. The molecule has 2 aromatic rings. The fraction of sp³-hybridized carbons (Fsp3) is 0.118. The Balaban J connectivity index is 1.80. The van der Waals surface area contributed by atoms with Gasteiger partial charge in [-0.3, -0.25) is 9.59 Å². The molecule has 25 heavy (non-hydrogen) atoms. The Labute approximate surface area is 154 Å². The minimum atomic E-state index is -0.433. The van der Waals surface area contributed by atoms with Crippen LogP contribution >= 0.6 is 23.2 Å². The zero-order chi connectivity index (χ0) is 18.2. The molecule has 130 valence electrons. The molecule has 2 N–H and O–H groups in total. The Hall–Kier alpha value is -2.57. The van der Waals surface area contributed by atoms with Gasteiger partial charge in [-0.25, -0.2) is 5.43 Å².